The Balaban J connectivity index is 2.20. The normalized spacial score (nSPS) is 14.1. The summed E-state index contributed by atoms with van der Waals surface area (Å²) in [4.78, 5) is 67.2. The third-order valence-corrected chi connectivity index (χ3v) is 5.08. The van der Waals surface area contributed by atoms with Crippen LogP contribution in [0.3, 0.4) is 0 Å². The number of carbonyl (C=O) groups is 5. The Morgan fingerprint density at radius 2 is 1.56 bits per heavy atom. The zero-order valence-corrected chi connectivity index (χ0v) is 19.3. The molecule has 0 saturated heterocycles. The zero-order valence-electron chi connectivity index (χ0n) is 19.3. The number of aromatic amines is 1. The molecule has 0 aliphatic carbocycles. The van der Waals surface area contributed by atoms with Crippen LogP contribution in [0, 0.1) is 0 Å². The highest BCUT2D eigenvalue weighted by Gasteiger charge is 2.31. The van der Waals surface area contributed by atoms with E-state index < -0.39 is 60.2 Å². The maximum atomic E-state index is 13.1. The van der Waals surface area contributed by atoms with E-state index >= 15 is 0 Å². The van der Waals surface area contributed by atoms with Gasteiger partial charge in [0, 0.05) is 24.7 Å². The lowest BCUT2D eigenvalue weighted by Gasteiger charge is -2.24. The molecule has 0 saturated carbocycles. The molecule has 4 unspecified atom stereocenters. The molecule has 3 amide bonds. The molecule has 0 radical (unpaired) electrons. The Morgan fingerprint density at radius 1 is 0.944 bits per heavy atom. The molecule has 0 aliphatic heterocycles. The van der Waals surface area contributed by atoms with Crippen LogP contribution in [0.2, 0.25) is 0 Å². The summed E-state index contributed by atoms with van der Waals surface area (Å²) in [7, 11) is 0. The van der Waals surface area contributed by atoms with Gasteiger partial charge < -0.3 is 42.0 Å². The Kier molecular flexibility index (Phi) is 9.92. The third kappa shape index (κ3) is 8.72. The van der Waals surface area contributed by atoms with Crippen molar-refractivity contribution in [2.24, 2.45) is 5.73 Å². The second kappa shape index (κ2) is 12.9. The second-order valence-electron chi connectivity index (χ2n) is 8.05. The van der Waals surface area contributed by atoms with Crippen LogP contribution in [0.4, 0.5) is 0 Å². The molecule has 14 heteroatoms. The Labute approximate surface area is 205 Å². The van der Waals surface area contributed by atoms with E-state index in [9.17, 15) is 29.1 Å². The van der Waals surface area contributed by atoms with Crippen molar-refractivity contribution in [2.75, 3.05) is 0 Å². The van der Waals surface area contributed by atoms with Gasteiger partial charge in [0.25, 0.3) is 0 Å². The van der Waals surface area contributed by atoms with E-state index in [2.05, 4.69) is 25.9 Å². The number of nitrogens with two attached hydrogens (primary N) is 1. The smallest absolute Gasteiger partial charge is 0.325 e. The maximum Gasteiger partial charge on any atom is 0.325 e. The second-order valence-corrected chi connectivity index (χ2v) is 8.05. The van der Waals surface area contributed by atoms with Gasteiger partial charge in [-0.1, -0.05) is 12.1 Å². The number of carboxylic acids is 2. The summed E-state index contributed by atoms with van der Waals surface area (Å²) in [6.45, 7) is 1.18. The zero-order chi connectivity index (χ0) is 26.8. The molecule has 0 spiro atoms. The van der Waals surface area contributed by atoms with Gasteiger partial charge in [0.05, 0.1) is 18.8 Å². The predicted molar refractivity (Wildman–Crippen MR) is 123 cm³/mol. The summed E-state index contributed by atoms with van der Waals surface area (Å²) in [6.07, 6.45) is 2.09. The van der Waals surface area contributed by atoms with Crippen LogP contribution < -0.4 is 21.7 Å². The number of hydrogen-bond donors (Lipinski definition) is 8. The Hall–Kier alpha value is -4.46. The summed E-state index contributed by atoms with van der Waals surface area (Å²) < 4.78 is 0. The van der Waals surface area contributed by atoms with Gasteiger partial charge in [-0.05, 0) is 24.6 Å². The van der Waals surface area contributed by atoms with Gasteiger partial charge in [0.2, 0.25) is 17.7 Å². The van der Waals surface area contributed by atoms with Gasteiger partial charge >= 0.3 is 11.9 Å². The molecule has 194 valence electrons. The van der Waals surface area contributed by atoms with Crippen LogP contribution in [0.15, 0.2) is 36.8 Å². The van der Waals surface area contributed by atoms with E-state index in [1.54, 1.807) is 0 Å². The van der Waals surface area contributed by atoms with E-state index in [0.717, 1.165) is 0 Å². The number of phenolic OH excluding ortho intramolecular Hbond substituents is 1. The fraction of sp³-hybridized carbons (Fsp3) is 0.364. The standard InChI is InChI=1S/C22H28N6O8/c1-11(22(35)36)26-20(33)17(8-18(30)31)28-21(34)16(6-12-2-4-14(29)5-3-12)27-19(32)15(23)7-13-9-24-10-25-13/h2-5,9-11,15-17,29H,6-8,23H2,1H3,(H,24,25)(H,26,33)(H,27,32)(H,28,34)(H,30,31)(H,35,36). The van der Waals surface area contributed by atoms with Crippen LogP contribution in [0.5, 0.6) is 5.75 Å². The maximum absolute atomic E-state index is 13.1. The molecule has 4 atom stereocenters. The molecule has 2 rings (SSSR count). The molecule has 2 aromatic rings. The molecular weight excluding hydrogens is 476 g/mol. The largest absolute Gasteiger partial charge is 0.508 e. The number of rotatable bonds is 13. The van der Waals surface area contributed by atoms with Gasteiger partial charge in [-0.2, -0.15) is 0 Å². The van der Waals surface area contributed by atoms with Crippen LogP contribution in [-0.4, -0.2) is 79.1 Å². The summed E-state index contributed by atoms with van der Waals surface area (Å²) in [6, 6.07) is 0.498. The highest BCUT2D eigenvalue weighted by molar-refractivity contribution is 5.95. The molecule has 1 aromatic carbocycles. The first-order chi connectivity index (χ1) is 17.0. The van der Waals surface area contributed by atoms with Crippen molar-refractivity contribution in [3.05, 3.63) is 48.0 Å². The van der Waals surface area contributed by atoms with Crippen molar-refractivity contribution in [3.63, 3.8) is 0 Å². The highest BCUT2D eigenvalue weighted by atomic mass is 16.4. The average molecular weight is 505 g/mol. The average Bonchev–Trinajstić information content (AvgIpc) is 3.32. The first-order valence-electron chi connectivity index (χ1n) is 10.8. The lowest BCUT2D eigenvalue weighted by molar-refractivity contribution is -0.143. The van der Waals surface area contributed by atoms with Crippen molar-refractivity contribution in [2.45, 2.75) is 50.4 Å². The number of benzene rings is 1. The summed E-state index contributed by atoms with van der Waals surface area (Å²) >= 11 is 0. The molecule has 9 N–H and O–H groups in total. The van der Waals surface area contributed by atoms with Crippen LogP contribution >= 0.6 is 0 Å². The molecule has 14 nitrogen and oxygen atoms in total. The van der Waals surface area contributed by atoms with Gasteiger partial charge in [-0.3, -0.25) is 24.0 Å². The molecule has 1 aromatic heterocycles. The summed E-state index contributed by atoms with van der Waals surface area (Å²) in [5.74, 6) is -5.40. The highest BCUT2D eigenvalue weighted by Crippen LogP contribution is 2.12. The number of aromatic nitrogens is 2. The van der Waals surface area contributed by atoms with E-state index in [1.807, 2.05) is 0 Å². The fourth-order valence-corrected chi connectivity index (χ4v) is 3.11. The number of carbonyl (C=O) groups excluding carboxylic acids is 3. The van der Waals surface area contributed by atoms with E-state index in [1.165, 1.54) is 43.7 Å². The first kappa shape index (κ1) is 27.8. The molecule has 1 heterocycles. The molecule has 0 aliphatic rings. The number of nitrogens with zero attached hydrogens (tertiary/aromatic N) is 1. The first-order valence-corrected chi connectivity index (χ1v) is 10.8. The van der Waals surface area contributed by atoms with E-state index in [0.29, 0.717) is 11.3 Å². The number of H-pyrrole nitrogens is 1. The third-order valence-electron chi connectivity index (χ3n) is 5.08. The molecule has 36 heavy (non-hydrogen) atoms. The minimum Gasteiger partial charge on any atom is -0.508 e. The number of aromatic hydroxyl groups is 1. The van der Waals surface area contributed by atoms with Crippen molar-refractivity contribution in [1.82, 2.24) is 25.9 Å². The van der Waals surface area contributed by atoms with Crippen LogP contribution in [0.25, 0.3) is 0 Å². The van der Waals surface area contributed by atoms with Crippen LogP contribution in [0.1, 0.15) is 24.6 Å². The Bertz CT molecular complexity index is 1070. The van der Waals surface area contributed by atoms with Crippen LogP contribution in [-0.2, 0) is 36.8 Å². The molecule has 0 fully saturated rings. The predicted octanol–water partition coefficient (Wildman–Crippen LogP) is -1.74. The number of nitrogens with one attached hydrogen (secondary N) is 4. The Morgan fingerprint density at radius 3 is 2.11 bits per heavy atom. The number of hydrogen-bond acceptors (Lipinski definition) is 8. The summed E-state index contributed by atoms with van der Waals surface area (Å²) in [5, 5.41) is 34.5. The number of imidazole rings is 1. The van der Waals surface area contributed by atoms with Crippen molar-refractivity contribution in [3.8, 4) is 5.75 Å². The minimum absolute atomic E-state index is 0.0175. The number of aliphatic carboxylic acids is 2. The quantitative estimate of drug-likeness (QED) is 0.153. The fourth-order valence-electron chi connectivity index (χ4n) is 3.11. The molecular formula is C22H28N6O8. The SMILES string of the molecule is CC(NC(=O)C(CC(=O)O)NC(=O)C(Cc1ccc(O)cc1)NC(=O)C(N)Cc1cnc[nH]1)C(=O)O. The van der Waals surface area contributed by atoms with E-state index in [4.69, 9.17) is 15.9 Å². The van der Waals surface area contributed by atoms with Crippen molar-refractivity contribution >= 4 is 29.7 Å². The van der Waals surface area contributed by atoms with Gasteiger partial charge in [0.15, 0.2) is 0 Å². The molecule has 0 bridgehead atoms. The van der Waals surface area contributed by atoms with Gasteiger partial charge in [-0.15, -0.1) is 0 Å². The van der Waals surface area contributed by atoms with Crippen molar-refractivity contribution in [1.29, 1.82) is 0 Å². The number of amides is 3. The minimum atomic E-state index is -1.62. The van der Waals surface area contributed by atoms with Gasteiger partial charge in [0.1, 0.15) is 23.9 Å². The lowest BCUT2D eigenvalue weighted by atomic mass is 10.0. The monoisotopic (exact) mass is 504 g/mol. The summed E-state index contributed by atoms with van der Waals surface area (Å²) in [5.41, 5.74) is 7.07. The number of carboxylic acid groups (broad SMARTS) is 2. The van der Waals surface area contributed by atoms with E-state index in [-0.39, 0.29) is 18.6 Å². The topological polar surface area (TPSA) is 237 Å². The van der Waals surface area contributed by atoms with Crippen molar-refractivity contribution < 1.29 is 39.3 Å². The van der Waals surface area contributed by atoms with Gasteiger partial charge in [-0.25, -0.2) is 4.98 Å². The lowest BCUT2D eigenvalue weighted by Crippen LogP contribution is -2.58. The number of phenols is 1.